The van der Waals surface area contributed by atoms with Gasteiger partial charge in [-0.1, -0.05) is 5.16 Å². The number of non-ortho nitro benzene ring substituents is 1. The topological polar surface area (TPSA) is 108 Å². The SMILES string of the molecule is CC(=O)c1ccc(OCc2nc(-c3ccc([N+](=O)[O-])cc3)no2)cc1F. The maximum absolute atomic E-state index is 13.7. The molecule has 3 rings (SSSR count). The Hall–Kier alpha value is -3.62. The van der Waals surface area contributed by atoms with Crippen molar-refractivity contribution in [2.75, 3.05) is 0 Å². The highest BCUT2D eigenvalue weighted by Crippen LogP contribution is 2.21. The zero-order valence-corrected chi connectivity index (χ0v) is 13.5. The smallest absolute Gasteiger partial charge is 0.269 e. The first-order chi connectivity index (χ1) is 12.4. The molecule has 0 unspecified atom stereocenters. The lowest BCUT2D eigenvalue weighted by atomic mass is 10.1. The number of benzene rings is 2. The summed E-state index contributed by atoms with van der Waals surface area (Å²) in [5.41, 5.74) is 0.481. The lowest BCUT2D eigenvalue weighted by Gasteiger charge is -2.04. The Morgan fingerprint density at radius 3 is 2.62 bits per heavy atom. The number of nitro groups is 1. The Labute approximate surface area is 146 Å². The molecule has 0 N–H and O–H groups in total. The third kappa shape index (κ3) is 3.72. The quantitative estimate of drug-likeness (QED) is 0.377. The monoisotopic (exact) mass is 357 g/mol. The van der Waals surface area contributed by atoms with Gasteiger partial charge < -0.3 is 9.26 Å². The van der Waals surface area contributed by atoms with E-state index in [0.717, 1.165) is 6.07 Å². The number of ether oxygens (including phenoxy) is 1. The number of Topliss-reactive ketones (excluding diaryl/α,β-unsaturated/α-hetero) is 1. The third-order valence-corrected chi connectivity index (χ3v) is 3.49. The van der Waals surface area contributed by atoms with Crippen LogP contribution in [0.5, 0.6) is 5.75 Å². The van der Waals surface area contributed by atoms with E-state index in [4.69, 9.17) is 9.26 Å². The van der Waals surface area contributed by atoms with E-state index in [1.54, 1.807) is 0 Å². The van der Waals surface area contributed by atoms with E-state index >= 15 is 0 Å². The second-order valence-corrected chi connectivity index (χ2v) is 5.30. The molecule has 3 aromatic rings. The molecule has 0 amide bonds. The number of hydrogen-bond acceptors (Lipinski definition) is 7. The maximum Gasteiger partial charge on any atom is 0.269 e. The summed E-state index contributed by atoms with van der Waals surface area (Å²) in [6.45, 7) is 1.18. The first kappa shape index (κ1) is 17.2. The van der Waals surface area contributed by atoms with Crippen LogP contribution in [0, 0.1) is 15.9 Å². The van der Waals surface area contributed by atoms with Crippen molar-refractivity contribution >= 4 is 11.5 Å². The standard InChI is InChI=1S/C17H12FN3O5/c1-10(22)14-7-6-13(8-15(14)18)25-9-16-19-17(20-26-16)11-2-4-12(5-3-11)21(23)24/h2-8H,9H2,1H3. The number of ketones is 1. The van der Waals surface area contributed by atoms with Crippen molar-refractivity contribution in [2.45, 2.75) is 13.5 Å². The van der Waals surface area contributed by atoms with Gasteiger partial charge in [0.05, 0.1) is 10.5 Å². The minimum Gasteiger partial charge on any atom is -0.484 e. The fourth-order valence-corrected chi connectivity index (χ4v) is 2.18. The molecule has 0 saturated heterocycles. The van der Waals surface area contributed by atoms with E-state index < -0.39 is 10.7 Å². The van der Waals surface area contributed by atoms with Crippen molar-refractivity contribution < 1.29 is 23.4 Å². The van der Waals surface area contributed by atoms with Crippen LogP contribution < -0.4 is 4.74 Å². The summed E-state index contributed by atoms with van der Waals surface area (Å²) in [5, 5.41) is 14.4. The highest BCUT2D eigenvalue weighted by molar-refractivity contribution is 5.94. The van der Waals surface area contributed by atoms with Crippen LogP contribution in [0.1, 0.15) is 23.2 Å². The second kappa shape index (κ2) is 7.09. The highest BCUT2D eigenvalue weighted by Gasteiger charge is 2.13. The van der Waals surface area contributed by atoms with Crippen molar-refractivity contribution in [3.8, 4) is 17.1 Å². The average molecular weight is 357 g/mol. The van der Waals surface area contributed by atoms with Crippen LogP contribution in [0.2, 0.25) is 0 Å². The van der Waals surface area contributed by atoms with Gasteiger partial charge in [0.2, 0.25) is 5.82 Å². The normalized spacial score (nSPS) is 10.5. The van der Waals surface area contributed by atoms with Gasteiger partial charge in [-0.05, 0) is 31.2 Å². The summed E-state index contributed by atoms with van der Waals surface area (Å²) >= 11 is 0. The number of hydrogen-bond donors (Lipinski definition) is 0. The van der Waals surface area contributed by atoms with Crippen LogP contribution in [0.15, 0.2) is 47.0 Å². The van der Waals surface area contributed by atoms with E-state index in [2.05, 4.69) is 10.1 Å². The molecule has 9 heteroatoms. The summed E-state index contributed by atoms with van der Waals surface area (Å²) in [4.78, 5) is 25.5. The number of halogens is 1. The Morgan fingerprint density at radius 2 is 2.00 bits per heavy atom. The third-order valence-electron chi connectivity index (χ3n) is 3.49. The molecule has 0 aliphatic heterocycles. The van der Waals surface area contributed by atoms with Crippen LogP contribution in [0.4, 0.5) is 10.1 Å². The molecular weight excluding hydrogens is 345 g/mol. The largest absolute Gasteiger partial charge is 0.484 e. The number of rotatable bonds is 6. The molecule has 0 aliphatic carbocycles. The second-order valence-electron chi connectivity index (χ2n) is 5.30. The average Bonchev–Trinajstić information content (AvgIpc) is 3.09. The van der Waals surface area contributed by atoms with Gasteiger partial charge in [-0.2, -0.15) is 4.98 Å². The molecule has 0 radical (unpaired) electrons. The minimum atomic E-state index is -0.674. The minimum absolute atomic E-state index is 0.0180. The Morgan fingerprint density at radius 1 is 1.27 bits per heavy atom. The summed E-state index contributed by atoms with van der Waals surface area (Å²) in [5.74, 6) is -0.445. The van der Waals surface area contributed by atoms with E-state index in [1.165, 1.54) is 43.3 Å². The van der Waals surface area contributed by atoms with Crippen molar-refractivity contribution in [3.05, 3.63) is 69.9 Å². The molecule has 2 aromatic carbocycles. The van der Waals surface area contributed by atoms with Crippen LogP contribution in [0.25, 0.3) is 11.4 Å². The molecule has 1 aromatic heterocycles. The van der Waals surface area contributed by atoms with Crippen molar-refractivity contribution in [3.63, 3.8) is 0 Å². The lowest BCUT2D eigenvalue weighted by Crippen LogP contribution is -2.00. The van der Waals surface area contributed by atoms with Crippen molar-refractivity contribution in [1.29, 1.82) is 0 Å². The zero-order chi connectivity index (χ0) is 18.7. The zero-order valence-electron chi connectivity index (χ0n) is 13.5. The highest BCUT2D eigenvalue weighted by atomic mass is 19.1. The van der Waals surface area contributed by atoms with Crippen molar-refractivity contribution in [1.82, 2.24) is 10.1 Å². The molecule has 0 bridgehead atoms. The maximum atomic E-state index is 13.7. The molecule has 0 saturated carbocycles. The fraction of sp³-hybridized carbons (Fsp3) is 0.118. The van der Waals surface area contributed by atoms with Gasteiger partial charge in [0.1, 0.15) is 11.6 Å². The molecule has 26 heavy (non-hydrogen) atoms. The molecule has 0 fully saturated rings. The summed E-state index contributed by atoms with van der Waals surface area (Å²) < 4.78 is 24.2. The molecule has 0 aliphatic rings. The molecule has 0 spiro atoms. The first-order valence-corrected chi connectivity index (χ1v) is 7.45. The van der Waals surface area contributed by atoms with Crippen LogP contribution in [-0.2, 0) is 6.61 Å². The van der Waals surface area contributed by atoms with Gasteiger partial charge in [-0.3, -0.25) is 14.9 Å². The summed E-state index contributed by atoms with van der Waals surface area (Å²) in [7, 11) is 0. The van der Waals surface area contributed by atoms with Gasteiger partial charge in [0, 0.05) is 23.8 Å². The molecule has 0 atom stereocenters. The van der Waals surface area contributed by atoms with E-state index in [0.29, 0.717) is 5.56 Å². The Kier molecular flexibility index (Phi) is 4.70. The number of carbonyl (C=O) groups is 1. The van der Waals surface area contributed by atoms with Gasteiger partial charge >= 0.3 is 0 Å². The summed E-state index contributed by atoms with van der Waals surface area (Å²) in [6.07, 6.45) is 0. The van der Waals surface area contributed by atoms with E-state index in [1.807, 2.05) is 0 Å². The van der Waals surface area contributed by atoms with Crippen molar-refractivity contribution in [2.24, 2.45) is 0 Å². The molecule has 1 heterocycles. The van der Waals surface area contributed by atoms with Gasteiger partial charge in [0.25, 0.3) is 11.6 Å². The lowest BCUT2D eigenvalue weighted by molar-refractivity contribution is -0.384. The fourth-order valence-electron chi connectivity index (χ4n) is 2.18. The molecular formula is C17H12FN3O5. The molecule has 8 nitrogen and oxygen atoms in total. The van der Waals surface area contributed by atoms with Gasteiger partial charge in [0.15, 0.2) is 12.4 Å². The Bertz CT molecular complexity index is 969. The summed E-state index contributed by atoms with van der Waals surface area (Å²) in [6, 6.07) is 9.58. The predicted molar refractivity (Wildman–Crippen MR) is 87.1 cm³/mol. The van der Waals surface area contributed by atoms with Crippen LogP contribution >= 0.6 is 0 Å². The van der Waals surface area contributed by atoms with Crippen LogP contribution in [0.3, 0.4) is 0 Å². The number of carbonyl (C=O) groups excluding carboxylic acids is 1. The number of nitrogens with zero attached hydrogens (tertiary/aromatic N) is 3. The number of aromatic nitrogens is 2. The Balaban J connectivity index is 1.68. The first-order valence-electron chi connectivity index (χ1n) is 7.45. The predicted octanol–water partition coefficient (Wildman–Crippen LogP) is 3.57. The van der Waals surface area contributed by atoms with Gasteiger partial charge in [-0.15, -0.1) is 0 Å². The van der Waals surface area contributed by atoms with E-state index in [-0.39, 0.29) is 41.1 Å². The van der Waals surface area contributed by atoms with Gasteiger partial charge in [-0.25, -0.2) is 4.39 Å². The number of nitro benzene ring substituents is 1. The molecule has 132 valence electrons. The van der Waals surface area contributed by atoms with E-state index in [9.17, 15) is 19.3 Å². The van der Waals surface area contributed by atoms with Crippen LogP contribution in [-0.4, -0.2) is 20.8 Å².